The Balaban J connectivity index is 1.19. The number of amides is 1. The number of hydrogen-bond donors (Lipinski definition) is 3. The van der Waals surface area contributed by atoms with Crippen LogP contribution < -0.4 is 16.4 Å². The van der Waals surface area contributed by atoms with Gasteiger partial charge in [-0.3, -0.25) is 9.78 Å². The molecule has 1 amide bonds. The van der Waals surface area contributed by atoms with Gasteiger partial charge in [0.1, 0.15) is 5.69 Å². The van der Waals surface area contributed by atoms with Gasteiger partial charge in [-0.15, -0.1) is 5.10 Å². The van der Waals surface area contributed by atoms with Crippen molar-refractivity contribution in [1.29, 1.82) is 0 Å². The SMILES string of the molecule is Nc1nc(NCCc2ccc(NC(=O)c3ccccn3)cc2)nc2nc(-c3ccco3)nn12. The molecule has 5 aromatic rings. The molecule has 0 atom stereocenters. The lowest BCUT2D eigenvalue weighted by Gasteiger charge is -2.08. The second-order valence-electron chi connectivity index (χ2n) is 7.07. The van der Waals surface area contributed by atoms with Crippen molar-refractivity contribution in [2.45, 2.75) is 6.42 Å². The number of fused-ring (bicyclic) bond motifs is 1. The largest absolute Gasteiger partial charge is 0.461 e. The monoisotopic (exact) mass is 441 g/mol. The molecule has 11 nitrogen and oxygen atoms in total. The van der Waals surface area contributed by atoms with Gasteiger partial charge in [0.05, 0.1) is 6.26 Å². The van der Waals surface area contributed by atoms with Gasteiger partial charge in [0.2, 0.25) is 17.7 Å². The van der Waals surface area contributed by atoms with E-state index in [0.29, 0.717) is 47.7 Å². The Hall–Kier alpha value is -4.80. The Labute approximate surface area is 187 Å². The fourth-order valence-electron chi connectivity index (χ4n) is 3.16. The standard InChI is InChI=1S/C22H19N9O2/c23-20-28-21(29-22-27-18(30-31(20)22)17-5-3-13-33-17)25-12-10-14-6-8-15(9-7-14)26-19(32)16-4-1-2-11-24-16/h1-9,11,13H,10,12H2,(H,26,32)(H3,23,25,27,28,29,30). The average Bonchev–Trinajstić information content (AvgIpc) is 3.51. The molecule has 4 N–H and O–H groups in total. The second kappa shape index (κ2) is 8.75. The summed E-state index contributed by atoms with van der Waals surface area (Å²) in [6.45, 7) is 0.578. The lowest BCUT2D eigenvalue weighted by atomic mass is 10.1. The number of nitrogens with zero attached hydrogens (tertiary/aromatic N) is 6. The Kier molecular flexibility index (Phi) is 5.33. The van der Waals surface area contributed by atoms with Crippen molar-refractivity contribution in [1.82, 2.24) is 29.5 Å². The van der Waals surface area contributed by atoms with Crippen LogP contribution in [0.5, 0.6) is 0 Å². The van der Waals surface area contributed by atoms with E-state index < -0.39 is 0 Å². The number of pyridine rings is 1. The van der Waals surface area contributed by atoms with Crippen LogP contribution in [0.2, 0.25) is 0 Å². The summed E-state index contributed by atoms with van der Waals surface area (Å²) in [6.07, 6.45) is 3.85. The van der Waals surface area contributed by atoms with Crippen LogP contribution in [0.15, 0.2) is 71.5 Å². The summed E-state index contributed by atoms with van der Waals surface area (Å²) in [5.74, 6) is 1.50. The van der Waals surface area contributed by atoms with E-state index in [1.54, 1.807) is 42.8 Å². The third-order valence-electron chi connectivity index (χ3n) is 4.78. The van der Waals surface area contributed by atoms with E-state index >= 15 is 0 Å². The first-order chi connectivity index (χ1) is 16.2. The van der Waals surface area contributed by atoms with Gasteiger partial charge in [-0.1, -0.05) is 18.2 Å². The first-order valence-electron chi connectivity index (χ1n) is 10.1. The summed E-state index contributed by atoms with van der Waals surface area (Å²) in [5.41, 5.74) is 8.15. The van der Waals surface area contributed by atoms with E-state index in [1.807, 2.05) is 24.3 Å². The molecule has 11 heteroatoms. The zero-order valence-electron chi connectivity index (χ0n) is 17.3. The number of nitrogens with two attached hydrogens (primary N) is 1. The summed E-state index contributed by atoms with van der Waals surface area (Å²) >= 11 is 0. The van der Waals surface area contributed by atoms with Crippen LogP contribution in [0, 0.1) is 0 Å². The maximum atomic E-state index is 12.2. The molecular formula is C22H19N9O2. The van der Waals surface area contributed by atoms with Gasteiger partial charge in [-0.05, 0) is 48.4 Å². The number of nitrogen functional groups attached to an aromatic ring is 1. The number of rotatable bonds is 7. The molecule has 0 aliphatic heterocycles. The zero-order valence-corrected chi connectivity index (χ0v) is 17.3. The van der Waals surface area contributed by atoms with Crippen LogP contribution in [0.3, 0.4) is 0 Å². The van der Waals surface area contributed by atoms with Crippen molar-refractivity contribution in [2.24, 2.45) is 0 Å². The van der Waals surface area contributed by atoms with E-state index in [0.717, 1.165) is 5.56 Å². The van der Waals surface area contributed by atoms with Crippen molar-refractivity contribution in [3.63, 3.8) is 0 Å². The van der Waals surface area contributed by atoms with Gasteiger partial charge in [-0.2, -0.15) is 19.5 Å². The molecule has 0 spiro atoms. The maximum Gasteiger partial charge on any atom is 0.274 e. The van der Waals surface area contributed by atoms with E-state index in [1.165, 1.54) is 4.52 Å². The number of carbonyl (C=O) groups is 1. The minimum atomic E-state index is -0.251. The summed E-state index contributed by atoms with van der Waals surface area (Å²) < 4.78 is 6.68. The van der Waals surface area contributed by atoms with Crippen LogP contribution in [0.1, 0.15) is 16.1 Å². The minimum absolute atomic E-state index is 0.167. The van der Waals surface area contributed by atoms with E-state index in [9.17, 15) is 4.79 Å². The highest BCUT2D eigenvalue weighted by molar-refractivity contribution is 6.02. The van der Waals surface area contributed by atoms with Crippen LogP contribution in [0.4, 0.5) is 17.6 Å². The van der Waals surface area contributed by atoms with Crippen LogP contribution in [-0.2, 0) is 6.42 Å². The van der Waals surface area contributed by atoms with Crippen molar-refractivity contribution in [3.8, 4) is 11.6 Å². The molecular weight excluding hydrogens is 422 g/mol. The van der Waals surface area contributed by atoms with Crippen LogP contribution >= 0.6 is 0 Å². The fourth-order valence-corrected chi connectivity index (χ4v) is 3.16. The molecule has 0 unspecified atom stereocenters. The Morgan fingerprint density at radius 1 is 1.03 bits per heavy atom. The number of carbonyl (C=O) groups excluding carboxylic acids is 1. The Morgan fingerprint density at radius 3 is 2.67 bits per heavy atom. The molecule has 33 heavy (non-hydrogen) atoms. The van der Waals surface area contributed by atoms with Gasteiger partial charge in [0.25, 0.3) is 11.7 Å². The molecule has 1 aromatic carbocycles. The molecule has 0 fully saturated rings. The summed E-state index contributed by atoms with van der Waals surface area (Å²) in [7, 11) is 0. The van der Waals surface area contributed by atoms with E-state index in [4.69, 9.17) is 10.2 Å². The summed E-state index contributed by atoms with van der Waals surface area (Å²) in [4.78, 5) is 29.2. The average molecular weight is 441 g/mol. The molecule has 0 saturated heterocycles. The van der Waals surface area contributed by atoms with E-state index in [-0.39, 0.29) is 11.9 Å². The van der Waals surface area contributed by atoms with Gasteiger partial charge < -0.3 is 20.8 Å². The third kappa shape index (κ3) is 4.46. The van der Waals surface area contributed by atoms with Crippen LogP contribution in [0.25, 0.3) is 17.4 Å². The second-order valence-corrected chi connectivity index (χ2v) is 7.07. The Morgan fingerprint density at radius 2 is 1.91 bits per heavy atom. The van der Waals surface area contributed by atoms with Gasteiger partial charge >= 0.3 is 0 Å². The van der Waals surface area contributed by atoms with Gasteiger partial charge in [-0.25, -0.2) is 0 Å². The number of hydrogen-bond acceptors (Lipinski definition) is 9. The quantitative estimate of drug-likeness (QED) is 0.346. The van der Waals surface area contributed by atoms with Crippen molar-refractivity contribution < 1.29 is 9.21 Å². The number of anilines is 3. The molecule has 0 radical (unpaired) electrons. The van der Waals surface area contributed by atoms with Crippen molar-refractivity contribution in [2.75, 3.05) is 22.9 Å². The highest BCUT2D eigenvalue weighted by Gasteiger charge is 2.13. The number of furan rings is 1. The van der Waals surface area contributed by atoms with E-state index in [2.05, 4.69) is 35.7 Å². The summed E-state index contributed by atoms with van der Waals surface area (Å²) in [5, 5.41) is 10.3. The van der Waals surface area contributed by atoms with Gasteiger partial charge in [0.15, 0.2) is 5.76 Å². The molecule has 0 bridgehead atoms. The number of aromatic nitrogens is 6. The molecule has 164 valence electrons. The Bertz CT molecular complexity index is 1380. The minimum Gasteiger partial charge on any atom is -0.461 e. The van der Waals surface area contributed by atoms with Crippen molar-refractivity contribution >= 4 is 29.3 Å². The highest BCUT2D eigenvalue weighted by atomic mass is 16.3. The van der Waals surface area contributed by atoms with Crippen molar-refractivity contribution in [3.05, 3.63) is 78.3 Å². The summed E-state index contributed by atoms with van der Waals surface area (Å²) in [6, 6.07) is 16.3. The van der Waals surface area contributed by atoms with Crippen LogP contribution in [-0.4, -0.2) is 42.0 Å². The molecule has 4 heterocycles. The zero-order chi connectivity index (χ0) is 22.6. The fraction of sp³-hybridized carbons (Fsp3) is 0.0909. The molecule has 5 rings (SSSR count). The first kappa shape index (κ1) is 20.1. The van der Waals surface area contributed by atoms with Gasteiger partial charge in [0, 0.05) is 18.4 Å². The first-order valence-corrected chi connectivity index (χ1v) is 10.1. The smallest absolute Gasteiger partial charge is 0.274 e. The molecule has 0 saturated carbocycles. The third-order valence-corrected chi connectivity index (χ3v) is 4.78. The predicted octanol–water partition coefficient (Wildman–Crippen LogP) is 2.66. The lowest BCUT2D eigenvalue weighted by molar-refractivity contribution is 0.102. The lowest BCUT2D eigenvalue weighted by Crippen LogP contribution is -2.13. The molecule has 4 aromatic heterocycles. The molecule has 0 aliphatic carbocycles. The topological polar surface area (TPSA) is 149 Å². The predicted molar refractivity (Wildman–Crippen MR) is 122 cm³/mol. The molecule has 0 aliphatic rings. The number of nitrogens with one attached hydrogen (secondary N) is 2. The number of benzene rings is 1. The normalized spacial score (nSPS) is 10.9. The maximum absolute atomic E-state index is 12.2. The highest BCUT2D eigenvalue weighted by Crippen LogP contribution is 2.18.